The summed E-state index contributed by atoms with van der Waals surface area (Å²) in [6.45, 7) is 2.01. The van der Waals surface area contributed by atoms with Gasteiger partial charge in [-0.3, -0.25) is 9.69 Å². The number of hydrogen-bond acceptors (Lipinski definition) is 6. The minimum Gasteiger partial charge on any atom is -0.479 e. The maximum atomic E-state index is 13.4. The Hall–Kier alpha value is -4.21. The van der Waals surface area contributed by atoms with E-state index in [1.807, 2.05) is 71.6 Å². The van der Waals surface area contributed by atoms with Gasteiger partial charge in [0.1, 0.15) is 12.1 Å². The van der Waals surface area contributed by atoms with E-state index in [1.165, 1.54) is 0 Å². The molecule has 0 radical (unpaired) electrons. The lowest BCUT2D eigenvalue weighted by Gasteiger charge is -2.30. The second-order valence-electron chi connectivity index (χ2n) is 10.7. The van der Waals surface area contributed by atoms with Gasteiger partial charge in [-0.05, 0) is 41.2 Å². The summed E-state index contributed by atoms with van der Waals surface area (Å²) in [6.07, 6.45) is -0.436. The van der Waals surface area contributed by atoms with E-state index in [-0.39, 0.29) is 19.1 Å². The van der Waals surface area contributed by atoms with E-state index in [1.54, 1.807) is 0 Å². The molecule has 1 saturated heterocycles. The molecule has 2 unspecified atom stereocenters. The van der Waals surface area contributed by atoms with Gasteiger partial charge < -0.3 is 25.6 Å². The summed E-state index contributed by atoms with van der Waals surface area (Å²) in [5, 5.41) is 24.7. The zero-order valence-corrected chi connectivity index (χ0v) is 22.3. The highest BCUT2D eigenvalue weighted by Gasteiger charge is 2.47. The molecule has 0 spiro atoms. The Bertz CT molecular complexity index is 1360. The van der Waals surface area contributed by atoms with Crippen LogP contribution in [-0.2, 0) is 20.9 Å². The third kappa shape index (κ3) is 5.57. The summed E-state index contributed by atoms with van der Waals surface area (Å²) in [4.78, 5) is 40.0. The number of alkyl carbamates (subject to hydrolysis) is 1. The van der Waals surface area contributed by atoms with Crippen LogP contribution in [0.5, 0.6) is 0 Å². The van der Waals surface area contributed by atoms with Crippen LogP contribution in [0, 0.1) is 0 Å². The van der Waals surface area contributed by atoms with Gasteiger partial charge in [0.15, 0.2) is 5.60 Å². The van der Waals surface area contributed by atoms with Crippen molar-refractivity contribution < 1.29 is 29.3 Å². The van der Waals surface area contributed by atoms with Crippen LogP contribution in [0.4, 0.5) is 4.79 Å². The second kappa shape index (κ2) is 11.1. The number of rotatable bonds is 9. The van der Waals surface area contributed by atoms with Gasteiger partial charge >= 0.3 is 12.1 Å². The van der Waals surface area contributed by atoms with Gasteiger partial charge in [0.05, 0.1) is 6.54 Å². The fourth-order valence-corrected chi connectivity index (χ4v) is 5.54. The zero-order chi connectivity index (χ0) is 28.3. The fraction of sp³-hybridized carbons (Fsp3) is 0.323. The highest BCUT2D eigenvalue weighted by atomic mass is 16.5. The highest BCUT2D eigenvalue weighted by Crippen LogP contribution is 2.44. The van der Waals surface area contributed by atoms with Crippen molar-refractivity contribution in [1.82, 2.24) is 15.5 Å². The molecular weight excluding hydrogens is 510 g/mol. The van der Waals surface area contributed by atoms with Crippen molar-refractivity contribution in [3.05, 3.63) is 95.6 Å². The first-order valence-electron chi connectivity index (χ1n) is 13.3. The highest BCUT2D eigenvalue weighted by molar-refractivity contribution is 5.91. The number of fused-ring (bicyclic) bond motifs is 3. The first kappa shape index (κ1) is 27.4. The summed E-state index contributed by atoms with van der Waals surface area (Å²) < 4.78 is 5.72. The molecule has 0 aromatic heterocycles. The maximum absolute atomic E-state index is 13.4. The summed E-state index contributed by atoms with van der Waals surface area (Å²) in [5.74, 6) is -2.16. The Balaban J connectivity index is 1.30. The van der Waals surface area contributed by atoms with E-state index < -0.39 is 35.7 Å². The lowest BCUT2D eigenvalue weighted by Crippen LogP contribution is -2.62. The van der Waals surface area contributed by atoms with Crippen molar-refractivity contribution in [2.24, 2.45) is 0 Å². The van der Waals surface area contributed by atoms with E-state index in [4.69, 9.17) is 4.74 Å². The minimum absolute atomic E-state index is 0.0962. The number of benzene rings is 3. The summed E-state index contributed by atoms with van der Waals surface area (Å²) >= 11 is 0. The van der Waals surface area contributed by atoms with Crippen molar-refractivity contribution >= 4 is 18.0 Å². The molecule has 0 bridgehead atoms. The van der Waals surface area contributed by atoms with E-state index >= 15 is 0 Å². The molecule has 1 aliphatic carbocycles. The predicted octanol–water partition coefficient (Wildman–Crippen LogP) is 3.12. The van der Waals surface area contributed by atoms with Gasteiger partial charge in [-0.1, -0.05) is 78.9 Å². The third-order valence-corrected chi connectivity index (χ3v) is 7.77. The monoisotopic (exact) mass is 543 g/mol. The predicted molar refractivity (Wildman–Crippen MR) is 149 cm³/mol. The van der Waals surface area contributed by atoms with Crippen LogP contribution >= 0.6 is 0 Å². The second-order valence-corrected chi connectivity index (χ2v) is 10.7. The maximum Gasteiger partial charge on any atom is 0.408 e. The number of likely N-dealkylation sites (tertiary alicyclic amines) is 1. The number of hydrogen-bond donors (Lipinski definition) is 4. The number of nitrogens with one attached hydrogen (secondary N) is 2. The number of carboxylic acids is 1. The van der Waals surface area contributed by atoms with Gasteiger partial charge in [0, 0.05) is 25.6 Å². The normalized spacial score (nSPS) is 19.8. The zero-order valence-electron chi connectivity index (χ0n) is 22.3. The number of aliphatic hydroxyl groups is 1. The first-order valence-corrected chi connectivity index (χ1v) is 13.3. The number of carbonyl (C=O) groups is 3. The topological polar surface area (TPSA) is 128 Å². The molecule has 1 heterocycles. The van der Waals surface area contributed by atoms with Gasteiger partial charge in [0.25, 0.3) is 0 Å². The number of nitrogens with zero attached hydrogens (tertiary/aromatic N) is 1. The molecule has 208 valence electrons. The van der Waals surface area contributed by atoms with Crippen LogP contribution in [0.1, 0.15) is 36.0 Å². The Morgan fingerprint density at radius 3 is 2.20 bits per heavy atom. The van der Waals surface area contributed by atoms with E-state index in [0.29, 0.717) is 19.5 Å². The lowest BCUT2D eigenvalue weighted by molar-refractivity contribution is -0.156. The van der Waals surface area contributed by atoms with Crippen LogP contribution in [0.15, 0.2) is 78.9 Å². The number of amides is 2. The molecule has 9 heteroatoms. The summed E-state index contributed by atoms with van der Waals surface area (Å²) in [6, 6.07) is 25.8. The molecule has 1 fully saturated rings. The van der Waals surface area contributed by atoms with Crippen LogP contribution in [-0.4, -0.2) is 70.5 Å². The number of carbonyl (C=O) groups excluding carboxylic acids is 2. The average molecular weight is 544 g/mol. The molecule has 0 saturated carbocycles. The molecule has 9 nitrogen and oxygen atoms in total. The molecule has 3 aromatic carbocycles. The van der Waals surface area contributed by atoms with E-state index in [9.17, 15) is 24.6 Å². The van der Waals surface area contributed by atoms with Crippen LogP contribution < -0.4 is 10.6 Å². The fourth-order valence-electron chi connectivity index (χ4n) is 5.54. The number of aliphatic carboxylic acids is 1. The van der Waals surface area contributed by atoms with Crippen LogP contribution in [0.25, 0.3) is 11.1 Å². The minimum atomic E-state index is -2.15. The molecule has 2 amide bonds. The Morgan fingerprint density at radius 2 is 1.57 bits per heavy atom. The lowest BCUT2D eigenvalue weighted by atomic mass is 9.96. The molecule has 1 aliphatic heterocycles. The molecular formula is C31H33N3O6. The summed E-state index contributed by atoms with van der Waals surface area (Å²) in [5.41, 5.74) is 1.94. The van der Waals surface area contributed by atoms with Crippen LogP contribution in [0.3, 0.4) is 0 Å². The van der Waals surface area contributed by atoms with Gasteiger partial charge in [-0.25, -0.2) is 9.59 Å². The number of ether oxygens (including phenoxy) is 1. The van der Waals surface area contributed by atoms with Gasteiger partial charge in [-0.15, -0.1) is 0 Å². The van der Waals surface area contributed by atoms with Gasteiger partial charge in [0.2, 0.25) is 5.91 Å². The van der Waals surface area contributed by atoms with E-state index in [2.05, 4.69) is 22.8 Å². The molecule has 40 heavy (non-hydrogen) atoms. The van der Waals surface area contributed by atoms with E-state index in [0.717, 1.165) is 34.7 Å². The van der Waals surface area contributed by atoms with Crippen molar-refractivity contribution in [2.45, 2.75) is 36.9 Å². The van der Waals surface area contributed by atoms with Gasteiger partial charge in [-0.2, -0.15) is 0 Å². The standard InChI is InChI=1S/C31H33N3O6/c1-30(39,28(36)37)19-32-27(35)31(15-16-34(20-31)17-21-9-3-2-4-10-21)33-29(38)40-18-26-24-13-7-5-11-22(24)23-12-6-8-14-25(23)26/h2-14,26,39H,15-20H2,1H3,(H,32,35)(H,33,38)(H,36,37). The largest absolute Gasteiger partial charge is 0.479 e. The van der Waals surface area contributed by atoms with Crippen molar-refractivity contribution in [3.8, 4) is 11.1 Å². The first-order chi connectivity index (χ1) is 19.2. The Morgan fingerprint density at radius 1 is 0.975 bits per heavy atom. The molecule has 3 aromatic rings. The Kier molecular flexibility index (Phi) is 7.60. The van der Waals surface area contributed by atoms with Crippen LogP contribution in [0.2, 0.25) is 0 Å². The van der Waals surface area contributed by atoms with Crippen molar-refractivity contribution in [2.75, 3.05) is 26.2 Å². The quantitative estimate of drug-likeness (QED) is 0.327. The SMILES string of the molecule is CC(O)(CNC(=O)C1(NC(=O)OCC2c3ccccc3-c3ccccc32)CCN(Cc2ccccc2)C1)C(=O)O. The third-order valence-electron chi connectivity index (χ3n) is 7.77. The molecule has 2 atom stereocenters. The van der Waals surface area contributed by atoms with Crippen molar-refractivity contribution in [1.29, 1.82) is 0 Å². The van der Waals surface area contributed by atoms with Crippen molar-refractivity contribution in [3.63, 3.8) is 0 Å². The summed E-state index contributed by atoms with van der Waals surface area (Å²) in [7, 11) is 0. The molecule has 2 aliphatic rings. The number of carboxylic acid groups (broad SMARTS) is 1. The molecule has 5 rings (SSSR count). The average Bonchev–Trinajstić information content (AvgIpc) is 3.50. The Labute approximate surface area is 232 Å². The molecule has 4 N–H and O–H groups in total. The smallest absolute Gasteiger partial charge is 0.408 e.